The molecule has 0 amide bonds. The number of Topliss-reactive ketones (excluding diaryl/α,β-unsaturated/α-hetero) is 1. The van der Waals surface area contributed by atoms with Gasteiger partial charge < -0.3 is 4.57 Å². The molecule has 0 aromatic carbocycles. The van der Waals surface area contributed by atoms with Gasteiger partial charge in [0.15, 0.2) is 5.78 Å². The summed E-state index contributed by atoms with van der Waals surface area (Å²) in [5.74, 6) is 0.264. The van der Waals surface area contributed by atoms with Crippen molar-refractivity contribution in [2.45, 2.75) is 20.4 Å². The van der Waals surface area contributed by atoms with E-state index in [1.807, 2.05) is 36.7 Å². The van der Waals surface area contributed by atoms with Crippen molar-refractivity contribution < 1.29 is 4.79 Å². The first-order valence-electron chi connectivity index (χ1n) is 5.21. The van der Waals surface area contributed by atoms with E-state index in [9.17, 15) is 4.79 Å². The third-order valence-corrected chi connectivity index (χ3v) is 2.92. The Morgan fingerprint density at radius 2 is 2.25 bits per heavy atom. The van der Waals surface area contributed by atoms with Gasteiger partial charge in [0.1, 0.15) is 5.15 Å². The molecule has 16 heavy (non-hydrogen) atoms. The third-order valence-electron chi connectivity index (χ3n) is 2.62. The lowest BCUT2D eigenvalue weighted by Gasteiger charge is -2.06. The molecule has 0 atom stereocenters. The maximum Gasteiger partial charge on any atom is 0.155 e. The van der Waals surface area contributed by atoms with Crippen molar-refractivity contribution in [3.63, 3.8) is 0 Å². The van der Waals surface area contributed by atoms with Gasteiger partial charge >= 0.3 is 0 Å². The molecule has 2 aromatic rings. The van der Waals surface area contributed by atoms with E-state index in [1.165, 1.54) is 0 Å². The van der Waals surface area contributed by atoms with Crippen LogP contribution in [-0.4, -0.2) is 15.3 Å². The number of halogens is 1. The largest absolute Gasteiger partial charge is 0.340 e. The fourth-order valence-electron chi connectivity index (χ4n) is 1.58. The van der Waals surface area contributed by atoms with Gasteiger partial charge in [0, 0.05) is 23.7 Å². The van der Waals surface area contributed by atoms with Crippen molar-refractivity contribution in [2.24, 2.45) is 5.92 Å². The summed E-state index contributed by atoms with van der Waals surface area (Å²) in [7, 11) is 0. The molecule has 0 aliphatic rings. The summed E-state index contributed by atoms with van der Waals surface area (Å²) in [6.07, 6.45) is 3.53. The molecule has 0 aliphatic carbocycles. The molecule has 0 aliphatic heterocycles. The standard InChI is InChI=1S/C12H13ClN2O/c1-8(2)11(16)7-15-6-4-9-10(15)3-5-14-12(9)13/h3-6,8H,7H2,1-2H3. The molecular formula is C12H13ClN2O. The molecule has 0 saturated carbocycles. The second-order valence-electron chi connectivity index (χ2n) is 4.10. The molecular weight excluding hydrogens is 224 g/mol. The summed E-state index contributed by atoms with van der Waals surface area (Å²) >= 11 is 5.96. The van der Waals surface area contributed by atoms with Crippen LogP contribution in [-0.2, 0) is 11.3 Å². The Bertz CT molecular complexity index is 531. The topological polar surface area (TPSA) is 34.9 Å². The highest BCUT2D eigenvalue weighted by atomic mass is 35.5. The fourth-order valence-corrected chi connectivity index (χ4v) is 1.79. The maximum absolute atomic E-state index is 11.7. The van der Waals surface area contributed by atoms with Crippen LogP contribution in [0.25, 0.3) is 10.9 Å². The molecule has 0 N–H and O–H groups in total. The Balaban J connectivity index is 2.39. The Hall–Kier alpha value is -1.35. The van der Waals surface area contributed by atoms with Gasteiger partial charge in [0.2, 0.25) is 0 Å². The Morgan fingerprint density at radius 1 is 1.50 bits per heavy atom. The molecule has 2 heterocycles. The molecule has 0 fully saturated rings. The first kappa shape index (κ1) is 11.1. The van der Waals surface area contributed by atoms with Gasteiger partial charge in [-0.2, -0.15) is 0 Å². The number of ketones is 1. The minimum atomic E-state index is 0.0507. The Labute approximate surface area is 99.0 Å². The van der Waals surface area contributed by atoms with E-state index in [-0.39, 0.29) is 11.7 Å². The summed E-state index contributed by atoms with van der Waals surface area (Å²) in [4.78, 5) is 15.7. The lowest BCUT2D eigenvalue weighted by molar-refractivity contribution is -0.122. The average Bonchev–Trinajstić information content (AvgIpc) is 2.63. The SMILES string of the molecule is CC(C)C(=O)Cn1ccc2c(Cl)nccc21. The first-order chi connectivity index (χ1) is 7.59. The van der Waals surface area contributed by atoms with Gasteiger partial charge in [0.05, 0.1) is 12.1 Å². The van der Waals surface area contributed by atoms with Crippen LogP contribution in [0.2, 0.25) is 5.15 Å². The number of pyridine rings is 1. The van der Waals surface area contributed by atoms with E-state index in [0.29, 0.717) is 11.7 Å². The second kappa shape index (κ2) is 4.26. The van der Waals surface area contributed by atoms with E-state index in [4.69, 9.17) is 11.6 Å². The van der Waals surface area contributed by atoms with E-state index >= 15 is 0 Å². The highest BCUT2D eigenvalue weighted by Gasteiger charge is 2.10. The normalized spacial score (nSPS) is 11.2. The van der Waals surface area contributed by atoms with Gasteiger partial charge in [-0.15, -0.1) is 0 Å². The van der Waals surface area contributed by atoms with Crippen LogP contribution >= 0.6 is 11.6 Å². The maximum atomic E-state index is 11.7. The minimum absolute atomic E-state index is 0.0507. The van der Waals surface area contributed by atoms with Crippen molar-refractivity contribution in [3.8, 4) is 0 Å². The van der Waals surface area contributed by atoms with E-state index < -0.39 is 0 Å². The zero-order valence-corrected chi connectivity index (χ0v) is 10.0. The zero-order valence-electron chi connectivity index (χ0n) is 9.27. The highest BCUT2D eigenvalue weighted by Crippen LogP contribution is 2.22. The van der Waals surface area contributed by atoms with Crippen LogP contribution in [0.3, 0.4) is 0 Å². The van der Waals surface area contributed by atoms with Crippen LogP contribution < -0.4 is 0 Å². The van der Waals surface area contributed by atoms with E-state index in [2.05, 4.69) is 4.98 Å². The molecule has 4 heteroatoms. The number of hydrogen-bond acceptors (Lipinski definition) is 2. The number of hydrogen-bond donors (Lipinski definition) is 0. The number of nitrogens with zero attached hydrogens (tertiary/aromatic N) is 2. The quantitative estimate of drug-likeness (QED) is 0.768. The number of fused-ring (bicyclic) bond motifs is 1. The van der Waals surface area contributed by atoms with Crippen molar-refractivity contribution in [1.29, 1.82) is 0 Å². The fraction of sp³-hybridized carbons (Fsp3) is 0.333. The van der Waals surface area contributed by atoms with Crippen molar-refractivity contribution in [2.75, 3.05) is 0 Å². The van der Waals surface area contributed by atoms with Crippen LogP contribution in [0, 0.1) is 5.92 Å². The second-order valence-corrected chi connectivity index (χ2v) is 4.46. The van der Waals surface area contributed by atoms with Gasteiger partial charge in [-0.25, -0.2) is 4.98 Å². The van der Waals surface area contributed by atoms with Crippen LogP contribution in [0.4, 0.5) is 0 Å². The van der Waals surface area contributed by atoms with Crippen molar-refractivity contribution in [3.05, 3.63) is 29.7 Å². The molecule has 2 rings (SSSR count). The lowest BCUT2D eigenvalue weighted by atomic mass is 10.1. The molecule has 0 unspecified atom stereocenters. The highest BCUT2D eigenvalue weighted by molar-refractivity contribution is 6.34. The predicted octanol–water partition coefficient (Wildman–Crippen LogP) is 2.91. The Kier molecular flexibility index (Phi) is 2.97. The molecule has 84 valence electrons. The minimum Gasteiger partial charge on any atom is -0.340 e. The lowest BCUT2D eigenvalue weighted by Crippen LogP contribution is -2.14. The van der Waals surface area contributed by atoms with Gasteiger partial charge in [0.25, 0.3) is 0 Å². The molecule has 0 bridgehead atoms. The molecule has 0 spiro atoms. The molecule has 2 aromatic heterocycles. The first-order valence-corrected chi connectivity index (χ1v) is 5.59. The number of carbonyl (C=O) groups is 1. The zero-order chi connectivity index (χ0) is 11.7. The molecule has 3 nitrogen and oxygen atoms in total. The molecule has 0 radical (unpaired) electrons. The van der Waals surface area contributed by atoms with Gasteiger partial charge in [-0.1, -0.05) is 25.4 Å². The van der Waals surface area contributed by atoms with Crippen LogP contribution in [0.15, 0.2) is 24.5 Å². The monoisotopic (exact) mass is 236 g/mol. The summed E-state index contributed by atoms with van der Waals surface area (Å²) in [5, 5.41) is 1.37. The third kappa shape index (κ3) is 1.95. The summed E-state index contributed by atoms with van der Waals surface area (Å²) in [5.41, 5.74) is 0.953. The average molecular weight is 237 g/mol. The van der Waals surface area contributed by atoms with E-state index in [0.717, 1.165) is 10.9 Å². The molecule has 0 saturated heterocycles. The predicted molar refractivity (Wildman–Crippen MR) is 64.6 cm³/mol. The number of rotatable bonds is 3. The van der Waals surface area contributed by atoms with Gasteiger partial charge in [-0.05, 0) is 12.1 Å². The summed E-state index contributed by atoms with van der Waals surface area (Å²) in [6, 6.07) is 3.76. The Morgan fingerprint density at radius 3 is 2.94 bits per heavy atom. The smallest absolute Gasteiger partial charge is 0.155 e. The van der Waals surface area contributed by atoms with Crippen molar-refractivity contribution >= 4 is 28.3 Å². The summed E-state index contributed by atoms with van der Waals surface area (Å²) in [6.45, 7) is 4.20. The van der Waals surface area contributed by atoms with Crippen LogP contribution in [0.5, 0.6) is 0 Å². The number of aromatic nitrogens is 2. The summed E-state index contributed by atoms with van der Waals surface area (Å²) < 4.78 is 1.91. The van der Waals surface area contributed by atoms with Crippen molar-refractivity contribution in [1.82, 2.24) is 9.55 Å². The van der Waals surface area contributed by atoms with Crippen LogP contribution in [0.1, 0.15) is 13.8 Å². The van der Waals surface area contributed by atoms with Gasteiger partial charge in [-0.3, -0.25) is 4.79 Å². The number of carbonyl (C=O) groups excluding carboxylic acids is 1. The van der Waals surface area contributed by atoms with E-state index in [1.54, 1.807) is 6.20 Å².